The van der Waals surface area contributed by atoms with Crippen LogP contribution in [0.15, 0.2) is 41.2 Å². The Balaban J connectivity index is 1.78. The van der Waals surface area contributed by atoms with Crippen LogP contribution in [-0.4, -0.2) is 29.9 Å². The number of pyridine rings is 1. The first-order valence-electron chi connectivity index (χ1n) is 5.63. The first-order valence-corrected chi connectivity index (χ1v) is 5.63. The summed E-state index contributed by atoms with van der Waals surface area (Å²) < 4.78 is 6.78. The van der Waals surface area contributed by atoms with Gasteiger partial charge >= 0.3 is 5.69 Å². The van der Waals surface area contributed by atoms with Crippen LogP contribution in [0.25, 0.3) is 11.6 Å². The largest absolute Gasteiger partial charge is 0.417 e. The highest BCUT2D eigenvalue weighted by atomic mass is 16.6. The molecule has 0 saturated heterocycles. The molecule has 3 rings (SSSR count). The number of hydrogen-bond donors (Lipinski definition) is 0. The molecule has 0 aliphatic rings. The van der Waals surface area contributed by atoms with Gasteiger partial charge in [0, 0.05) is 6.20 Å². The van der Waals surface area contributed by atoms with Crippen LogP contribution in [0.2, 0.25) is 0 Å². The van der Waals surface area contributed by atoms with E-state index >= 15 is 0 Å². The smallest absolute Gasteiger partial charge is 0.307 e. The molecular weight excluding hydrogens is 264 g/mol. The molecule has 0 unspecified atom stereocenters. The van der Waals surface area contributed by atoms with Crippen molar-refractivity contribution in [3.8, 4) is 11.6 Å². The summed E-state index contributed by atoms with van der Waals surface area (Å²) in [6, 6.07) is 5.34. The highest BCUT2D eigenvalue weighted by Gasteiger charge is 2.13. The summed E-state index contributed by atoms with van der Waals surface area (Å²) in [7, 11) is 0. The summed E-state index contributed by atoms with van der Waals surface area (Å²) in [5.74, 6) is 0.589. The third kappa shape index (κ3) is 2.36. The fourth-order valence-corrected chi connectivity index (χ4v) is 1.58. The van der Waals surface area contributed by atoms with Gasteiger partial charge in [-0.1, -0.05) is 6.07 Å². The lowest BCUT2D eigenvalue weighted by Crippen LogP contribution is -2.00. The van der Waals surface area contributed by atoms with Gasteiger partial charge in [0.05, 0.1) is 4.92 Å². The minimum atomic E-state index is -0.517. The van der Waals surface area contributed by atoms with Gasteiger partial charge in [0.25, 0.3) is 5.89 Å². The van der Waals surface area contributed by atoms with E-state index in [1.165, 1.54) is 10.9 Å². The Morgan fingerprint density at radius 2 is 2.25 bits per heavy atom. The van der Waals surface area contributed by atoms with Crippen LogP contribution in [0, 0.1) is 10.1 Å². The second-order valence-electron chi connectivity index (χ2n) is 3.87. The maximum atomic E-state index is 10.5. The van der Waals surface area contributed by atoms with Gasteiger partial charge in [-0.3, -0.25) is 19.8 Å². The Kier molecular flexibility index (Phi) is 2.92. The molecule has 9 nitrogen and oxygen atoms in total. The molecular formula is C11H8N6O3. The summed E-state index contributed by atoms with van der Waals surface area (Å²) in [6.07, 6.45) is 4.08. The van der Waals surface area contributed by atoms with Gasteiger partial charge in [-0.2, -0.15) is 5.10 Å². The van der Waals surface area contributed by atoms with Crippen molar-refractivity contribution in [2.24, 2.45) is 0 Å². The van der Waals surface area contributed by atoms with Crippen molar-refractivity contribution >= 4 is 5.69 Å². The molecule has 0 fully saturated rings. The molecule has 0 aliphatic carbocycles. The second kappa shape index (κ2) is 4.88. The summed E-state index contributed by atoms with van der Waals surface area (Å²) in [4.78, 5) is 14.1. The van der Waals surface area contributed by atoms with E-state index in [9.17, 15) is 10.1 Å². The Hall–Kier alpha value is -3.10. The highest BCUT2D eigenvalue weighted by molar-refractivity contribution is 5.44. The van der Waals surface area contributed by atoms with E-state index in [-0.39, 0.29) is 12.2 Å². The third-order valence-electron chi connectivity index (χ3n) is 2.48. The molecule has 0 saturated carbocycles. The van der Waals surface area contributed by atoms with Crippen molar-refractivity contribution in [3.05, 3.63) is 52.8 Å². The molecule has 0 N–H and O–H groups in total. The molecule has 100 valence electrons. The molecule has 3 heterocycles. The quantitative estimate of drug-likeness (QED) is 0.519. The van der Waals surface area contributed by atoms with Gasteiger partial charge in [0.1, 0.15) is 24.6 Å². The summed E-state index contributed by atoms with van der Waals surface area (Å²) in [6.45, 7) is 0.160. The minimum Gasteiger partial charge on any atom is -0.417 e. The number of nitro groups is 1. The van der Waals surface area contributed by atoms with Crippen molar-refractivity contribution in [1.29, 1.82) is 0 Å². The maximum absolute atomic E-state index is 10.5. The summed E-state index contributed by atoms with van der Waals surface area (Å²) in [5, 5.41) is 22.1. The molecule has 0 atom stereocenters. The predicted molar refractivity (Wildman–Crippen MR) is 65.5 cm³/mol. The topological polar surface area (TPSA) is 113 Å². The molecule has 0 aliphatic heterocycles. The van der Waals surface area contributed by atoms with E-state index in [2.05, 4.69) is 20.3 Å². The molecule has 0 amide bonds. The molecule has 0 radical (unpaired) electrons. The Bertz CT molecular complexity index is 735. The number of rotatable bonds is 4. The zero-order chi connectivity index (χ0) is 13.9. The zero-order valence-corrected chi connectivity index (χ0v) is 10.1. The number of nitrogens with zero attached hydrogens (tertiary/aromatic N) is 6. The first-order chi connectivity index (χ1) is 9.72. The van der Waals surface area contributed by atoms with Gasteiger partial charge in [0.15, 0.2) is 0 Å². The molecule has 0 aromatic carbocycles. The fourth-order valence-electron chi connectivity index (χ4n) is 1.58. The van der Waals surface area contributed by atoms with Crippen molar-refractivity contribution in [2.75, 3.05) is 0 Å². The van der Waals surface area contributed by atoms with Crippen molar-refractivity contribution in [2.45, 2.75) is 6.54 Å². The summed E-state index contributed by atoms with van der Waals surface area (Å²) in [5.41, 5.74) is 0.479. The first kappa shape index (κ1) is 12.0. The van der Waals surface area contributed by atoms with Gasteiger partial charge in [-0.25, -0.2) is 0 Å². The van der Waals surface area contributed by atoms with Crippen molar-refractivity contribution in [3.63, 3.8) is 0 Å². The molecule has 0 spiro atoms. The van der Waals surface area contributed by atoms with Gasteiger partial charge in [0.2, 0.25) is 5.89 Å². The molecule has 3 aromatic heterocycles. The Morgan fingerprint density at radius 3 is 2.95 bits per heavy atom. The molecule has 9 heteroatoms. The lowest BCUT2D eigenvalue weighted by molar-refractivity contribution is -0.385. The van der Waals surface area contributed by atoms with Gasteiger partial charge in [-0.15, -0.1) is 10.2 Å². The highest BCUT2D eigenvalue weighted by Crippen LogP contribution is 2.15. The lowest BCUT2D eigenvalue weighted by Gasteiger charge is -1.94. The van der Waals surface area contributed by atoms with Crippen LogP contribution in [-0.2, 0) is 6.54 Å². The van der Waals surface area contributed by atoms with Gasteiger partial charge < -0.3 is 4.42 Å². The van der Waals surface area contributed by atoms with Crippen LogP contribution >= 0.6 is 0 Å². The monoisotopic (exact) mass is 272 g/mol. The fraction of sp³-hybridized carbons (Fsp3) is 0.0909. The molecule has 3 aromatic rings. The van der Waals surface area contributed by atoms with E-state index in [1.807, 2.05) is 6.07 Å². The standard InChI is InChI=1S/C11H8N6O3/c18-17(19)8-5-13-16(6-8)7-10-14-15-11(20-10)9-3-1-2-4-12-9/h1-6H,7H2. The van der Waals surface area contributed by atoms with E-state index in [4.69, 9.17) is 4.42 Å². The zero-order valence-electron chi connectivity index (χ0n) is 10.1. The Morgan fingerprint density at radius 1 is 1.35 bits per heavy atom. The normalized spacial score (nSPS) is 10.6. The Labute approximate surface area is 112 Å². The lowest BCUT2D eigenvalue weighted by atomic mass is 10.3. The van der Waals surface area contributed by atoms with E-state index in [0.29, 0.717) is 17.5 Å². The van der Waals surface area contributed by atoms with E-state index in [0.717, 1.165) is 6.20 Å². The van der Waals surface area contributed by atoms with E-state index < -0.39 is 4.92 Å². The van der Waals surface area contributed by atoms with Crippen LogP contribution < -0.4 is 0 Å². The second-order valence-corrected chi connectivity index (χ2v) is 3.87. The number of aromatic nitrogens is 5. The summed E-state index contributed by atoms with van der Waals surface area (Å²) >= 11 is 0. The van der Waals surface area contributed by atoms with Crippen molar-refractivity contribution < 1.29 is 9.34 Å². The predicted octanol–water partition coefficient (Wildman–Crippen LogP) is 1.28. The van der Waals surface area contributed by atoms with Gasteiger partial charge in [-0.05, 0) is 12.1 Å². The average Bonchev–Trinajstić information content (AvgIpc) is 3.10. The van der Waals surface area contributed by atoms with Crippen molar-refractivity contribution in [1.82, 2.24) is 25.0 Å². The molecule has 0 bridgehead atoms. The van der Waals surface area contributed by atoms with Crippen LogP contribution in [0.3, 0.4) is 0 Å². The van der Waals surface area contributed by atoms with Crippen LogP contribution in [0.4, 0.5) is 5.69 Å². The van der Waals surface area contributed by atoms with Crippen LogP contribution in [0.1, 0.15) is 5.89 Å². The average molecular weight is 272 g/mol. The molecule has 20 heavy (non-hydrogen) atoms. The van der Waals surface area contributed by atoms with Crippen LogP contribution in [0.5, 0.6) is 0 Å². The van der Waals surface area contributed by atoms with E-state index in [1.54, 1.807) is 18.3 Å². The minimum absolute atomic E-state index is 0.0885. The maximum Gasteiger partial charge on any atom is 0.307 e. The SMILES string of the molecule is O=[N+]([O-])c1cnn(Cc2nnc(-c3ccccn3)o2)c1. The number of hydrogen-bond acceptors (Lipinski definition) is 7. The third-order valence-corrected chi connectivity index (χ3v) is 2.48.